The summed E-state index contributed by atoms with van der Waals surface area (Å²) >= 11 is 0. The highest BCUT2D eigenvalue weighted by molar-refractivity contribution is 5.82. The molecule has 2 aromatic heterocycles. The van der Waals surface area contributed by atoms with Crippen LogP contribution in [0.2, 0.25) is 0 Å². The molecule has 0 saturated carbocycles. The molecule has 1 aliphatic heterocycles. The zero-order valence-corrected chi connectivity index (χ0v) is 15.6. The van der Waals surface area contributed by atoms with Gasteiger partial charge >= 0.3 is 0 Å². The Labute approximate surface area is 153 Å². The third-order valence-corrected chi connectivity index (χ3v) is 4.76. The van der Waals surface area contributed by atoms with E-state index in [0.29, 0.717) is 0 Å². The summed E-state index contributed by atoms with van der Waals surface area (Å²) in [6, 6.07) is 10.1. The Morgan fingerprint density at radius 1 is 1.15 bits per heavy atom. The van der Waals surface area contributed by atoms with Crippen LogP contribution in [0.1, 0.15) is 20.8 Å². The molecule has 0 radical (unpaired) electrons. The molecule has 1 fully saturated rings. The molecule has 6 heteroatoms. The Morgan fingerprint density at radius 2 is 1.96 bits per heavy atom. The van der Waals surface area contributed by atoms with Crippen LogP contribution in [0.25, 0.3) is 16.6 Å². The van der Waals surface area contributed by atoms with Gasteiger partial charge in [0, 0.05) is 43.9 Å². The maximum Gasteiger partial charge on any atom is 0.130 e. The molecule has 0 spiro atoms. The van der Waals surface area contributed by atoms with Crippen LogP contribution in [-0.4, -0.2) is 46.7 Å². The van der Waals surface area contributed by atoms with Crippen molar-refractivity contribution in [3.05, 3.63) is 42.7 Å². The average Bonchev–Trinajstić information content (AvgIpc) is 3.02. The summed E-state index contributed by atoms with van der Waals surface area (Å²) in [5.74, 6) is 1.79. The van der Waals surface area contributed by atoms with Crippen molar-refractivity contribution < 1.29 is 9.47 Å². The second kappa shape index (κ2) is 6.29. The minimum atomic E-state index is -0.0842. The summed E-state index contributed by atoms with van der Waals surface area (Å²) < 4.78 is 13.3. The standard InChI is InChI=1S/C20H24N4O2/c1-14(2)26-17-6-5-15-11-22-24(18(15)10-17)16-7-8-21-19(9-16)23-12-20(3,13-23)25-4/h5-11,14H,12-13H2,1-4H3. The first-order chi connectivity index (χ1) is 12.5. The molecule has 1 aromatic carbocycles. The third-order valence-electron chi connectivity index (χ3n) is 4.76. The summed E-state index contributed by atoms with van der Waals surface area (Å²) in [4.78, 5) is 6.73. The molecule has 1 saturated heterocycles. The Balaban J connectivity index is 1.66. The van der Waals surface area contributed by atoms with Crippen molar-refractivity contribution in [3.8, 4) is 11.4 Å². The molecule has 0 bridgehead atoms. The first-order valence-electron chi connectivity index (χ1n) is 8.88. The second-order valence-electron chi connectivity index (χ2n) is 7.33. The SMILES string of the molecule is COC1(C)CN(c2cc(-n3ncc4ccc(OC(C)C)cc43)ccn2)C1. The highest BCUT2D eigenvalue weighted by Crippen LogP contribution is 2.30. The van der Waals surface area contributed by atoms with Crippen molar-refractivity contribution in [1.82, 2.24) is 14.8 Å². The number of hydrogen-bond donors (Lipinski definition) is 0. The summed E-state index contributed by atoms with van der Waals surface area (Å²) in [5.41, 5.74) is 1.92. The average molecular weight is 352 g/mol. The summed E-state index contributed by atoms with van der Waals surface area (Å²) in [6.07, 6.45) is 3.84. The second-order valence-corrected chi connectivity index (χ2v) is 7.33. The Morgan fingerprint density at radius 3 is 2.69 bits per heavy atom. The van der Waals surface area contributed by atoms with Gasteiger partial charge in [-0.25, -0.2) is 9.67 Å². The van der Waals surface area contributed by atoms with Crippen LogP contribution < -0.4 is 9.64 Å². The van der Waals surface area contributed by atoms with Crippen LogP contribution in [0.15, 0.2) is 42.7 Å². The van der Waals surface area contributed by atoms with Crippen LogP contribution in [0.4, 0.5) is 5.82 Å². The highest BCUT2D eigenvalue weighted by Gasteiger charge is 2.39. The topological polar surface area (TPSA) is 52.4 Å². The van der Waals surface area contributed by atoms with E-state index in [1.54, 1.807) is 7.11 Å². The van der Waals surface area contributed by atoms with E-state index in [2.05, 4.69) is 28.0 Å². The minimum Gasteiger partial charge on any atom is -0.491 e. The van der Waals surface area contributed by atoms with Gasteiger partial charge in [-0.05, 0) is 39.0 Å². The van der Waals surface area contributed by atoms with E-state index in [1.165, 1.54) is 0 Å². The highest BCUT2D eigenvalue weighted by atomic mass is 16.5. The fourth-order valence-corrected chi connectivity index (χ4v) is 3.31. The number of fused-ring (bicyclic) bond motifs is 1. The van der Waals surface area contributed by atoms with Gasteiger partial charge in [-0.15, -0.1) is 0 Å². The number of pyridine rings is 1. The number of ether oxygens (including phenoxy) is 2. The predicted octanol–water partition coefficient (Wildman–Crippen LogP) is 3.43. The van der Waals surface area contributed by atoms with Crippen LogP contribution in [0.5, 0.6) is 5.75 Å². The Bertz CT molecular complexity index is 928. The van der Waals surface area contributed by atoms with Gasteiger partial charge in [0.05, 0.1) is 29.1 Å². The number of aromatic nitrogens is 3. The van der Waals surface area contributed by atoms with E-state index in [4.69, 9.17) is 9.47 Å². The van der Waals surface area contributed by atoms with Gasteiger partial charge < -0.3 is 14.4 Å². The molecule has 1 aliphatic rings. The van der Waals surface area contributed by atoms with Gasteiger partial charge in [-0.2, -0.15) is 5.10 Å². The van der Waals surface area contributed by atoms with Gasteiger partial charge in [0.2, 0.25) is 0 Å². The molecule has 136 valence electrons. The van der Waals surface area contributed by atoms with E-state index >= 15 is 0 Å². The lowest BCUT2D eigenvalue weighted by molar-refractivity contribution is -0.0171. The largest absolute Gasteiger partial charge is 0.491 e. The zero-order chi connectivity index (χ0) is 18.3. The molecule has 0 N–H and O–H groups in total. The fourth-order valence-electron chi connectivity index (χ4n) is 3.31. The van der Waals surface area contributed by atoms with Crippen LogP contribution >= 0.6 is 0 Å². The smallest absolute Gasteiger partial charge is 0.130 e. The van der Waals surface area contributed by atoms with Crippen molar-refractivity contribution in [2.24, 2.45) is 0 Å². The Kier molecular flexibility index (Phi) is 4.07. The zero-order valence-electron chi connectivity index (χ0n) is 15.6. The number of methoxy groups -OCH3 is 1. The predicted molar refractivity (Wildman–Crippen MR) is 102 cm³/mol. The molecule has 0 aliphatic carbocycles. The van der Waals surface area contributed by atoms with Gasteiger partial charge in [-0.3, -0.25) is 0 Å². The number of hydrogen-bond acceptors (Lipinski definition) is 5. The minimum absolute atomic E-state index is 0.0842. The van der Waals surface area contributed by atoms with Crippen molar-refractivity contribution in [2.45, 2.75) is 32.5 Å². The van der Waals surface area contributed by atoms with E-state index < -0.39 is 0 Å². The first-order valence-corrected chi connectivity index (χ1v) is 8.88. The molecule has 0 atom stereocenters. The Hall–Kier alpha value is -2.60. The van der Waals surface area contributed by atoms with Crippen molar-refractivity contribution >= 4 is 16.7 Å². The summed E-state index contributed by atoms with van der Waals surface area (Å²) in [5, 5.41) is 5.64. The fraction of sp³-hybridized carbons (Fsp3) is 0.400. The molecular weight excluding hydrogens is 328 g/mol. The quantitative estimate of drug-likeness (QED) is 0.704. The van der Waals surface area contributed by atoms with Gasteiger partial charge in [0.1, 0.15) is 11.6 Å². The molecular formula is C20H24N4O2. The monoisotopic (exact) mass is 352 g/mol. The van der Waals surface area contributed by atoms with Crippen molar-refractivity contribution in [3.63, 3.8) is 0 Å². The van der Waals surface area contributed by atoms with Crippen molar-refractivity contribution in [2.75, 3.05) is 25.1 Å². The maximum absolute atomic E-state index is 5.83. The van der Waals surface area contributed by atoms with Gasteiger partial charge in [0.15, 0.2) is 0 Å². The van der Waals surface area contributed by atoms with Crippen LogP contribution in [0, 0.1) is 0 Å². The molecule has 3 aromatic rings. The number of anilines is 1. The lowest BCUT2D eigenvalue weighted by Gasteiger charge is -2.47. The lowest BCUT2D eigenvalue weighted by Crippen LogP contribution is -2.61. The van der Waals surface area contributed by atoms with E-state index in [-0.39, 0.29) is 11.7 Å². The normalized spacial score (nSPS) is 16.1. The van der Waals surface area contributed by atoms with E-state index in [0.717, 1.165) is 41.2 Å². The molecule has 6 nitrogen and oxygen atoms in total. The van der Waals surface area contributed by atoms with Crippen LogP contribution in [-0.2, 0) is 4.74 Å². The number of nitrogens with zero attached hydrogens (tertiary/aromatic N) is 4. The van der Waals surface area contributed by atoms with E-state index in [9.17, 15) is 0 Å². The lowest BCUT2D eigenvalue weighted by atomic mass is 9.96. The third kappa shape index (κ3) is 3.01. The van der Waals surface area contributed by atoms with Crippen molar-refractivity contribution in [1.29, 1.82) is 0 Å². The molecule has 4 rings (SSSR count). The molecule has 0 unspecified atom stereocenters. The van der Waals surface area contributed by atoms with Crippen LogP contribution in [0.3, 0.4) is 0 Å². The van der Waals surface area contributed by atoms with Gasteiger partial charge in [0.25, 0.3) is 0 Å². The number of benzene rings is 1. The van der Waals surface area contributed by atoms with Gasteiger partial charge in [-0.1, -0.05) is 0 Å². The summed E-state index contributed by atoms with van der Waals surface area (Å²) in [7, 11) is 1.76. The molecule has 0 amide bonds. The molecule has 3 heterocycles. The first kappa shape index (κ1) is 16.8. The maximum atomic E-state index is 5.83. The van der Waals surface area contributed by atoms with E-state index in [1.807, 2.05) is 55.2 Å². The molecule has 26 heavy (non-hydrogen) atoms. The summed E-state index contributed by atoms with van der Waals surface area (Å²) in [6.45, 7) is 7.85. The number of rotatable bonds is 5.